The third kappa shape index (κ3) is 2.83. The molecule has 0 radical (unpaired) electrons. The van der Waals surface area contributed by atoms with Gasteiger partial charge in [-0.15, -0.1) is 12.4 Å². The summed E-state index contributed by atoms with van der Waals surface area (Å²) in [6.07, 6.45) is 4.14. The van der Waals surface area contributed by atoms with E-state index in [9.17, 15) is 4.79 Å². The zero-order chi connectivity index (χ0) is 12.7. The molecule has 3 nitrogen and oxygen atoms in total. The van der Waals surface area contributed by atoms with Crippen molar-refractivity contribution in [3.63, 3.8) is 0 Å². The first-order chi connectivity index (χ1) is 7.85. The summed E-state index contributed by atoms with van der Waals surface area (Å²) in [5.74, 6) is 0.224. The molecule has 1 amide bonds. The number of hydrogen-bond acceptors (Lipinski definition) is 2. The van der Waals surface area contributed by atoms with Gasteiger partial charge in [-0.3, -0.25) is 4.79 Å². The number of rotatable bonds is 4. The molecule has 0 bridgehead atoms. The lowest BCUT2D eigenvalue weighted by molar-refractivity contribution is -0.121. The fraction of sp³-hybridized carbons (Fsp3) is 0.929. The smallest absolute Gasteiger partial charge is 0.220 e. The summed E-state index contributed by atoms with van der Waals surface area (Å²) >= 11 is 0. The van der Waals surface area contributed by atoms with Crippen LogP contribution in [-0.2, 0) is 4.79 Å². The van der Waals surface area contributed by atoms with Gasteiger partial charge in [0.25, 0.3) is 0 Å². The van der Waals surface area contributed by atoms with Crippen molar-refractivity contribution in [1.29, 1.82) is 0 Å². The van der Waals surface area contributed by atoms with Crippen LogP contribution in [0, 0.1) is 10.8 Å². The van der Waals surface area contributed by atoms with Crippen LogP contribution in [0.15, 0.2) is 0 Å². The van der Waals surface area contributed by atoms with Gasteiger partial charge < -0.3 is 10.6 Å². The summed E-state index contributed by atoms with van der Waals surface area (Å²) < 4.78 is 0. The van der Waals surface area contributed by atoms with Gasteiger partial charge in [-0.2, -0.15) is 0 Å². The van der Waals surface area contributed by atoms with Crippen molar-refractivity contribution in [3.8, 4) is 0 Å². The molecule has 106 valence electrons. The lowest BCUT2D eigenvalue weighted by Crippen LogP contribution is -2.31. The van der Waals surface area contributed by atoms with Crippen molar-refractivity contribution in [3.05, 3.63) is 0 Å². The van der Waals surface area contributed by atoms with Gasteiger partial charge in [0.2, 0.25) is 5.91 Å². The molecule has 0 aromatic carbocycles. The maximum Gasteiger partial charge on any atom is 0.220 e. The molecule has 1 aliphatic heterocycles. The average Bonchev–Trinajstić information content (AvgIpc) is 2.68. The summed E-state index contributed by atoms with van der Waals surface area (Å²) in [5, 5.41) is 6.63. The van der Waals surface area contributed by atoms with Crippen molar-refractivity contribution in [2.75, 3.05) is 6.54 Å². The van der Waals surface area contributed by atoms with Crippen LogP contribution in [0.5, 0.6) is 0 Å². The molecule has 2 N–H and O–H groups in total. The van der Waals surface area contributed by atoms with Gasteiger partial charge in [0, 0.05) is 18.5 Å². The largest absolute Gasteiger partial charge is 0.352 e. The van der Waals surface area contributed by atoms with E-state index in [0.29, 0.717) is 18.5 Å². The molecule has 0 aromatic heterocycles. The first-order valence-corrected chi connectivity index (χ1v) is 6.88. The summed E-state index contributed by atoms with van der Waals surface area (Å²) in [6, 6.07) is 0.917. The number of nitrogens with one attached hydrogen (secondary N) is 2. The minimum absolute atomic E-state index is 0. The number of carbonyl (C=O) groups excluding carboxylic acids is 1. The zero-order valence-electron chi connectivity index (χ0n) is 12.0. The van der Waals surface area contributed by atoms with Crippen LogP contribution in [0.1, 0.15) is 53.4 Å². The van der Waals surface area contributed by atoms with E-state index in [1.807, 2.05) is 0 Å². The van der Waals surface area contributed by atoms with Gasteiger partial charge in [-0.05, 0) is 36.6 Å². The van der Waals surface area contributed by atoms with Crippen LogP contribution in [0.4, 0.5) is 0 Å². The fourth-order valence-electron chi connectivity index (χ4n) is 3.10. The fourth-order valence-corrected chi connectivity index (χ4v) is 3.10. The van der Waals surface area contributed by atoms with Gasteiger partial charge in [-0.1, -0.05) is 27.7 Å². The Bertz CT molecular complexity index is 295. The molecule has 2 fully saturated rings. The summed E-state index contributed by atoms with van der Waals surface area (Å²) in [4.78, 5) is 11.9. The Morgan fingerprint density at radius 2 is 1.89 bits per heavy atom. The second-order valence-corrected chi connectivity index (χ2v) is 6.78. The molecule has 2 rings (SSSR count). The van der Waals surface area contributed by atoms with Crippen LogP contribution < -0.4 is 10.6 Å². The van der Waals surface area contributed by atoms with Crippen molar-refractivity contribution < 1.29 is 4.79 Å². The predicted octanol–water partition coefficient (Wildman–Crippen LogP) is 2.49. The highest BCUT2D eigenvalue weighted by Gasteiger charge is 2.65. The Hall–Kier alpha value is -0.280. The van der Waals surface area contributed by atoms with Gasteiger partial charge >= 0.3 is 0 Å². The van der Waals surface area contributed by atoms with Crippen molar-refractivity contribution >= 4 is 18.3 Å². The van der Waals surface area contributed by atoms with Crippen molar-refractivity contribution in [1.82, 2.24) is 10.6 Å². The SMILES string of the molecule is CC1(C)C(NC(=O)CCC2CCCN2)C1(C)C.Cl. The quantitative estimate of drug-likeness (QED) is 0.827. The van der Waals surface area contributed by atoms with E-state index < -0.39 is 0 Å². The molecule has 1 unspecified atom stereocenters. The van der Waals surface area contributed by atoms with Gasteiger partial charge in [-0.25, -0.2) is 0 Å². The second kappa shape index (κ2) is 5.38. The van der Waals surface area contributed by atoms with E-state index >= 15 is 0 Å². The lowest BCUT2D eigenvalue weighted by atomic mass is 10.0. The number of halogens is 1. The molecule has 18 heavy (non-hydrogen) atoms. The number of amides is 1. The first kappa shape index (κ1) is 15.8. The van der Waals surface area contributed by atoms with Crippen LogP contribution in [-0.4, -0.2) is 24.5 Å². The van der Waals surface area contributed by atoms with Crippen molar-refractivity contribution in [2.45, 2.75) is 65.5 Å². The molecule has 1 atom stereocenters. The Morgan fingerprint density at radius 3 is 2.33 bits per heavy atom. The number of hydrogen-bond donors (Lipinski definition) is 2. The molecule has 1 aliphatic carbocycles. The Kier molecular flexibility index (Phi) is 4.71. The highest BCUT2D eigenvalue weighted by atomic mass is 35.5. The third-order valence-corrected chi connectivity index (χ3v) is 5.21. The zero-order valence-corrected chi connectivity index (χ0v) is 12.8. The summed E-state index contributed by atoms with van der Waals surface area (Å²) in [7, 11) is 0. The molecular formula is C14H27ClN2O. The Labute approximate surface area is 117 Å². The molecular weight excluding hydrogens is 248 g/mol. The summed E-state index contributed by atoms with van der Waals surface area (Å²) in [6.45, 7) is 10.1. The third-order valence-electron chi connectivity index (χ3n) is 5.21. The van der Waals surface area contributed by atoms with E-state index in [1.54, 1.807) is 0 Å². The van der Waals surface area contributed by atoms with Crippen LogP contribution in [0.2, 0.25) is 0 Å². The maximum absolute atomic E-state index is 11.9. The highest BCUT2D eigenvalue weighted by molar-refractivity contribution is 5.85. The molecule has 0 aromatic rings. The van der Waals surface area contributed by atoms with Gasteiger partial charge in [0.1, 0.15) is 0 Å². The monoisotopic (exact) mass is 274 g/mol. The Morgan fingerprint density at radius 1 is 1.28 bits per heavy atom. The van der Waals surface area contributed by atoms with Crippen LogP contribution in [0.3, 0.4) is 0 Å². The van der Waals surface area contributed by atoms with Gasteiger partial charge in [0.15, 0.2) is 0 Å². The standard InChI is InChI=1S/C14H26N2O.ClH/c1-13(2)12(14(13,3)4)16-11(17)8-7-10-6-5-9-15-10;/h10,12,15H,5-9H2,1-4H3,(H,16,17);1H. The van der Waals surface area contributed by atoms with Crippen LogP contribution >= 0.6 is 12.4 Å². The summed E-state index contributed by atoms with van der Waals surface area (Å²) in [5.41, 5.74) is 0.489. The average molecular weight is 275 g/mol. The maximum atomic E-state index is 11.9. The lowest BCUT2D eigenvalue weighted by Gasteiger charge is -2.10. The molecule has 1 saturated carbocycles. The second-order valence-electron chi connectivity index (χ2n) is 6.78. The van der Waals surface area contributed by atoms with E-state index in [2.05, 4.69) is 38.3 Å². The van der Waals surface area contributed by atoms with E-state index in [1.165, 1.54) is 12.8 Å². The topological polar surface area (TPSA) is 41.1 Å². The van der Waals surface area contributed by atoms with Crippen molar-refractivity contribution in [2.24, 2.45) is 10.8 Å². The van der Waals surface area contributed by atoms with Gasteiger partial charge in [0.05, 0.1) is 0 Å². The normalized spacial score (nSPS) is 28.6. The van der Waals surface area contributed by atoms with E-state index in [-0.39, 0.29) is 29.1 Å². The first-order valence-electron chi connectivity index (χ1n) is 6.88. The number of carbonyl (C=O) groups is 1. The van der Waals surface area contributed by atoms with Crippen LogP contribution in [0.25, 0.3) is 0 Å². The van der Waals surface area contributed by atoms with E-state index in [4.69, 9.17) is 0 Å². The molecule has 1 saturated heterocycles. The predicted molar refractivity (Wildman–Crippen MR) is 77.0 cm³/mol. The molecule has 4 heteroatoms. The molecule has 0 spiro atoms. The van der Waals surface area contributed by atoms with E-state index in [0.717, 1.165) is 13.0 Å². The highest BCUT2D eigenvalue weighted by Crippen LogP contribution is 2.62. The minimum atomic E-state index is 0. The Balaban J connectivity index is 0.00000162. The molecule has 1 heterocycles. The molecule has 2 aliphatic rings. The minimum Gasteiger partial charge on any atom is -0.352 e.